The van der Waals surface area contributed by atoms with Crippen molar-refractivity contribution >= 4 is 38.2 Å². The molecule has 0 radical (unpaired) electrons. The molecule has 132 valence electrons. The van der Waals surface area contributed by atoms with Gasteiger partial charge in [-0.25, -0.2) is 8.42 Å². The molecule has 1 N–H and O–H groups in total. The van der Waals surface area contributed by atoms with Crippen LogP contribution in [0, 0.1) is 5.92 Å². The van der Waals surface area contributed by atoms with Gasteiger partial charge in [-0.15, -0.1) is 12.4 Å². The normalized spacial score (nSPS) is 17.0. The van der Waals surface area contributed by atoms with Crippen molar-refractivity contribution in [2.45, 2.75) is 24.7 Å². The first-order valence-corrected chi connectivity index (χ1v) is 10.4. The lowest BCUT2D eigenvalue weighted by atomic mass is 9.97. The van der Waals surface area contributed by atoms with Crippen molar-refractivity contribution in [1.29, 1.82) is 0 Å². The number of nitrogens with one attached hydrogen (secondary N) is 1. The summed E-state index contributed by atoms with van der Waals surface area (Å²) in [6.45, 7) is 6.87. The maximum atomic E-state index is 12.3. The topological polar surface area (TPSA) is 49.4 Å². The van der Waals surface area contributed by atoms with Gasteiger partial charge in [0.2, 0.25) is 0 Å². The van der Waals surface area contributed by atoms with Crippen LogP contribution in [0.15, 0.2) is 33.6 Å². The number of hydrogen-bond donors (Lipinski definition) is 1. The summed E-state index contributed by atoms with van der Waals surface area (Å²) in [7, 11) is -3.18. The van der Waals surface area contributed by atoms with Crippen LogP contribution >= 0.6 is 28.3 Å². The Morgan fingerprint density at radius 2 is 1.83 bits per heavy atom. The van der Waals surface area contributed by atoms with E-state index in [1.54, 1.807) is 24.3 Å². The van der Waals surface area contributed by atoms with Crippen molar-refractivity contribution in [2.24, 2.45) is 5.92 Å². The van der Waals surface area contributed by atoms with Crippen LogP contribution < -0.4 is 5.32 Å². The first-order chi connectivity index (χ1) is 10.5. The summed E-state index contributed by atoms with van der Waals surface area (Å²) in [5, 5.41) is 3.40. The van der Waals surface area contributed by atoms with Crippen LogP contribution in [0.1, 0.15) is 19.8 Å². The molecule has 1 aliphatic rings. The highest BCUT2D eigenvalue weighted by molar-refractivity contribution is 9.10. The lowest BCUT2D eigenvalue weighted by molar-refractivity contribution is 0.191. The highest BCUT2D eigenvalue weighted by Gasteiger charge is 2.21. The highest BCUT2D eigenvalue weighted by atomic mass is 79.9. The second kappa shape index (κ2) is 9.99. The minimum Gasteiger partial charge on any atom is -0.317 e. The Hall–Kier alpha value is -0.140. The standard InChI is InChI=1S/C16H25BrN2O2S.ClH/c1-2-18-13-14-7-9-19(10-8-14)11-12-22(20,21)16-5-3-15(17)4-6-16;/h3-6,14,18H,2,7-13H2,1H3;1H. The zero-order valence-electron chi connectivity index (χ0n) is 13.5. The average molecular weight is 426 g/mol. The molecule has 2 rings (SSSR count). The average Bonchev–Trinajstić information content (AvgIpc) is 2.52. The molecule has 1 aromatic carbocycles. The SMILES string of the molecule is CCNCC1CCN(CCS(=O)(=O)c2ccc(Br)cc2)CC1.Cl. The van der Waals surface area contributed by atoms with Crippen LogP contribution in [0.5, 0.6) is 0 Å². The van der Waals surface area contributed by atoms with Crippen molar-refractivity contribution in [3.8, 4) is 0 Å². The van der Waals surface area contributed by atoms with Gasteiger partial charge in [0.25, 0.3) is 0 Å². The molecule has 0 spiro atoms. The summed E-state index contributed by atoms with van der Waals surface area (Å²) in [4.78, 5) is 2.69. The van der Waals surface area contributed by atoms with E-state index >= 15 is 0 Å². The van der Waals surface area contributed by atoms with E-state index in [0.29, 0.717) is 11.4 Å². The second-order valence-electron chi connectivity index (χ2n) is 5.87. The van der Waals surface area contributed by atoms with E-state index in [1.165, 1.54) is 0 Å². The van der Waals surface area contributed by atoms with E-state index in [2.05, 4.69) is 33.1 Å². The Morgan fingerprint density at radius 1 is 1.22 bits per heavy atom. The molecule has 0 amide bonds. The monoisotopic (exact) mass is 424 g/mol. The molecule has 1 heterocycles. The minimum absolute atomic E-state index is 0. The molecule has 1 saturated heterocycles. The van der Waals surface area contributed by atoms with E-state index in [-0.39, 0.29) is 18.2 Å². The fourth-order valence-electron chi connectivity index (χ4n) is 2.77. The van der Waals surface area contributed by atoms with Crippen molar-refractivity contribution < 1.29 is 8.42 Å². The Balaban J connectivity index is 0.00000264. The predicted molar refractivity (Wildman–Crippen MR) is 101 cm³/mol. The Morgan fingerprint density at radius 3 is 2.39 bits per heavy atom. The smallest absolute Gasteiger partial charge is 0.179 e. The minimum atomic E-state index is -3.18. The number of benzene rings is 1. The number of halogens is 2. The van der Waals surface area contributed by atoms with Gasteiger partial charge in [0, 0.05) is 11.0 Å². The maximum absolute atomic E-state index is 12.3. The Kier molecular flexibility index (Phi) is 9.08. The summed E-state index contributed by atoms with van der Waals surface area (Å²) in [6, 6.07) is 6.89. The molecule has 1 aliphatic heterocycles. The van der Waals surface area contributed by atoms with Gasteiger partial charge in [0.15, 0.2) is 9.84 Å². The van der Waals surface area contributed by atoms with E-state index in [0.717, 1.165) is 49.4 Å². The van der Waals surface area contributed by atoms with E-state index < -0.39 is 9.84 Å². The van der Waals surface area contributed by atoms with Crippen molar-refractivity contribution in [1.82, 2.24) is 10.2 Å². The molecule has 4 nitrogen and oxygen atoms in total. The van der Waals surface area contributed by atoms with Crippen LogP contribution in [0.25, 0.3) is 0 Å². The molecule has 1 aromatic rings. The number of nitrogens with zero attached hydrogens (tertiary/aromatic N) is 1. The lowest BCUT2D eigenvalue weighted by Gasteiger charge is -2.31. The van der Waals surface area contributed by atoms with Crippen LogP contribution in [0.2, 0.25) is 0 Å². The van der Waals surface area contributed by atoms with Gasteiger partial charge < -0.3 is 10.2 Å². The molecule has 0 bridgehead atoms. The Labute approximate surface area is 154 Å². The number of sulfone groups is 1. The molecule has 0 atom stereocenters. The molecule has 0 aromatic heterocycles. The van der Waals surface area contributed by atoms with Crippen LogP contribution in [0.4, 0.5) is 0 Å². The lowest BCUT2D eigenvalue weighted by Crippen LogP contribution is -2.39. The van der Waals surface area contributed by atoms with Crippen LogP contribution in [0.3, 0.4) is 0 Å². The molecule has 23 heavy (non-hydrogen) atoms. The van der Waals surface area contributed by atoms with E-state index in [4.69, 9.17) is 0 Å². The number of hydrogen-bond acceptors (Lipinski definition) is 4. The van der Waals surface area contributed by atoms with E-state index in [1.807, 2.05) is 0 Å². The third-order valence-corrected chi connectivity index (χ3v) is 6.48. The van der Waals surface area contributed by atoms with Gasteiger partial charge >= 0.3 is 0 Å². The molecular weight excluding hydrogens is 400 g/mol. The van der Waals surface area contributed by atoms with Gasteiger partial charge in [0.1, 0.15) is 0 Å². The zero-order valence-corrected chi connectivity index (χ0v) is 16.7. The molecular formula is C16H26BrClN2O2S. The molecule has 7 heteroatoms. The van der Waals surface area contributed by atoms with Crippen LogP contribution in [-0.4, -0.2) is 51.8 Å². The number of rotatable bonds is 7. The third-order valence-electron chi connectivity index (χ3n) is 4.24. The van der Waals surface area contributed by atoms with E-state index in [9.17, 15) is 8.42 Å². The number of likely N-dealkylation sites (tertiary alicyclic amines) is 1. The summed E-state index contributed by atoms with van der Waals surface area (Å²) < 4.78 is 25.6. The first kappa shape index (κ1) is 20.9. The third kappa shape index (κ3) is 6.70. The quantitative estimate of drug-likeness (QED) is 0.729. The van der Waals surface area contributed by atoms with Crippen molar-refractivity contribution in [3.05, 3.63) is 28.7 Å². The highest BCUT2D eigenvalue weighted by Crippen LogP contribution is 2.18. The van der Waals surface area contributed by atoms with Crippen molar-refractivity contribution in [2.75, 3.05) is 38.5 Å². The van der Waals surface area contributed by atoms with Crippen LogP contribution in [-0.2, 0) is 9.84 Å². The second-order valence-corrected chi connectivity index (χ2v) is 8.89. The molecule has 0 aliphatic carbocycles. The molecule has 0 saturated carbocycles. The summed E-state index contributed by atoms with van der Waals surface area (Å²) in [5.41, 5.74) is 0. The van der Waals surface area contributed by atoms with Gasteiger partial charge in [0.05, 0.1) is 10.6 Å². The first-order valence-electron chi connectivity index (χ1n) is 7.92. The van der Waals surface area contributed by atoms with Gasteiger partial charge in [-0.3, -0.25) is 0 Å². The fraction of sp³-hybridized carbons (Fsp3) is 0.625. The Bertz CT molecular complexity index is 558. The number of piperidine rings is 1. The van der Waals surface area contributed by atoms with Gasteiger partial charge in [-0.2, -0.15) is 0 Å². The molecule has 0 unspecified atom stereocenters. The van der Waals surface area contributed by atoms with Crippen molar-refractivity contribution in [3.63, 3.8) is 0 Å². The summed E-state index contributed by atoms with van der Waals surface area (Å²) >= 11 is 3.33. The zero-order chi connectivity index (χ0) is 16.0. The van der Waals surface area contributed by atoms with Gasteiger partial charge in [-0.05, 0) is 69.2 Å². The predicted octanol–water partition coefficient (Wildman–Crippen LogP) is 2.97. The molecule has 1 fully saturated rings. The summed E-state index contributed by atoms with van der Waals surface area (Å²) in [6.07, 6.45) is 2.32. The fourth-order valence-corrected chi connectivity index (χ4v) is 4.32. The maximum Gasteiger partial charge on any atom is 0.179 e. The summed E-state index contributed by atoms with van der Waals surface area (Å²) in [5.74, 6) is 0.936. The largest absolute Gasteiger partial charge is 0.317 e. The van der Waals surface area contributed by atoms with Gasteiger partial charge in [-0.1, -0.05) is 22.9 Å².